The second-order valence-electron chi connectivity index (χ2n) is 5.71. The third kappa shape index (κ3) is 3.39. The molecule has 0 aromatic carbocycles. The second-order valence-corrected chi connectivity index (χ2v) is 5.71. The molecule has 110 valence electrons. The van der Waals surface area contributed by atoms with Crippen molar-refractivity contribution < 1.29 is 14.7 Å². The molecule has 1 heterocycles. The summed E-state index contributed by atoms with van der Waals surface area (Å²) in [6, 6.07) is 0.175. The Morgan fingerprint density at radius 2 is 2.00 bits per heavy atom. The molecule has 1 aliphatic heterocycles. The van der Waals surface area contributed by atoms with E-state index in [1.54, 1.807) is 6.92 Å². The normalized spacial score (nSPS) is 26.0. The molecule has 1 rings (SSSR count). The summed E-state index contributed by atoms with van der Waals surface area (Å²) < 4.78 is 0. The smallest absolute Gasteiger partial charge is 0.329 e. The van der Waals surface area contributed by atoms with E-state index < -0.39 is 11.5 Å². The Balaban J connectivity index is 2.79. The third-order valence-corrected chi connectivity index (χ3v) is 4.10. The van der Waals surface area contributed by atoms with Crippen LogP contribution in [-0.2, 0) is 4.79 Å². The van der Waals surface area contributed by atoms with Gasteiger partial charge in [-0.1, -0.05) is 20.3 Å². The van der Waals surface area contributed by atoms with E-state index in [-0.39, 0.29) is 18.1 Å². The number of likely N-dealkylation sites (tertiary alicyclic amines) is 1. The topological polar surface area (TPSA) is 69.6 Å². The first-order valence-corrected chi connectivity index (χ1v) is 7.19. The molecule has 2 amide bonds. The summed E-state index contributed by atoms with van der Waals surface area (Å²) >= 11 is 0. The van der Waals surface area contributed by atoms with Crippen LogP contribution < -0.4 is 5.32 Å². The van der Waals surface area contributed by atoms with Crippen LogP contribution in [0.15, 0.2) is 0 Å². The molecule has 2 N–H and O–H groups in total. The first-order chi connectivity index (χ1) is 8.85. The zero-order valence-corrected chi connectivity index (χ0v) is 12.4. The van der Waals surface area contributed by atoms with Gasteiger partial charge in [0.15, 0.2) is 0 Å². The maximum atomic E-state index is 12.4. The minimum absolute atomic E-state index is 0.185. The summed E-state index contributed by atoms with van der Waals surface area (Å²) in [5.74, 6) is -0.970. The standard InChI is InChI=1S/C14H26N2O3/c1-5-9-14(4,12(17)18)15-13(19)16-10(3)7-8-11(16)6-2/h10-11H,5-9H2,1-4H3,(H,15,19)(H,17,18). The highest BCUT2D eigenvalue weighted by Crippen LogP contribution is 2.26. The first kappa shape index (κ1) is 15.8. The maximum absolute atomic E-state index is 12.4. The van der Waals surface area contributed by atoms with Crippen molar-refractivity contribution in [3.63, 3.8) is 0 Å². The Bertz CT molecular complexity index is 346. The second kappa shape index (κ2) is 6.26. The minimum atomic E-state index is -1.17. The highest BCUT2D eigenvalue weighted by Gasteiger charge is 2.39. The Morgan fingerprint density at radius 3 is 2.47 bits per heavy atom. The average molecular weight is 270 g/mol. The molecule has 1 fully saturated rings. The van der Waals surface area contributed by atoms with E-state index in [9.17, 15) is 14.7 Å². The van der Waals surface area contributed by atoms with Gasteiger partial charge in [0.2, 0.25) is 0 Å². The fourth-order valence-electron chi connectivity index (χ4n) is 2.86. The molecule has 0 bridgehead atoms. The molecule has 0 saturated carbocycles. The van der Waals surface area contributed by atoms with E-state index in [0.717, 1.165) is 25.7 Å². The highest BCUT2D eigenvalue weighted by atomic mass is 16.4. The Labute approximate surface area is 115 Å². The quantitative estimate of drug-likeness (QED) is 0.806. The number of hydrogen-bond acceptors (Lipinski definition) is 2. The largest absolute Gasteiger partial charge is 0.480 e. The molecule has 0 aliphatic carbocycles. The van der Waals surface area contributed by atoms with Crippen molar-refractivity contribution in [2.45, 2.75) is 77.4 Å². The lowest BCUT2D eigenvalue weighted by atomic mass is 9.96. The van der Waals surface area contributed by atoms with E-state index in [4.69, 9.17) is 0 Å². The van der Waals surface area contributed by atoms with Crippen molar-refractivity contribution in [3.05, 3.63) is 0 Å². The highest BCUT2D eigenvalue weighted by molar-refractivity contribution is 5.86. The van der Waals surface area contributed by atoms with Gasteiger partial charge in [0.25, 0.3) is 0 Å². The van der Waals surface area contributed by atoms with E-state index >= 15 is 0 Å². The van der Waals surface area contributed by atoms with Gasteiger partial charge in [-0.3, -0.25) is 0 Å². The lowest BCUT2D eigenvalue weighted by Gasteiger charge is -2.33. The molecular formula is C14H26N2O3. The predicted octanol–water partition coefficient (Wildman–Crippen LogP) is 2.60. The number of urea groups is 1. The van der Waals surface area contributed by atoms with Gasteiger partial charge >= 0.3 is 12.0 Å². The van der Waals surface area contributed by atoms with Crippen molar-refractivity contribution in [3.8, 4) is 0 Å². The van der Waals surface area contributed by atoms with Crippen molar-refractivity contribution in [2.24, 2.45) is 0 Å². The zero-order valence-electron chi connectivity index (χ0n) is 12.4. The maximum Gasteiger partial charge on any atom is 0.329 e. The molecule has 3 atom stereocenters. The van der Waals surface area contributed by atoms with Crippen molar-refractivity contribution in [1.82, 2.24) is 10.2 Å². The summed E-state index contributed by atoms with van der Waals surface area (Å²) in [7, 11) is 0. The molecule has 0 aromatic heterocycles. The average Bonchev–Trinajstić information content (AvgIpc) is 2.70. The van der Waals surface area contributed by atoms with Crippen LogP contribution >= 0.6 is 0 Å². The molecule has 5 heteroatoms. The third-order valence-electron chi connectivity index (χ3n) is 4.10. The van der Waals surface area contributed by atoms with Gasteiger partial charge in [0.1, 0.15) is 5.54 Å². The molecule has 0 spiro atoms. The molecule has 5 nitrogen and oxygen atoms in total. The lowest BCUT2D eigenvalue weighted by molar-refractivity contribution is -0.144. The van der Waals surface area contributed by atoms with Crippen LogP contribution in [0.4, 0.5) is 4.79 Å². The summed E-state index contributed by atoms with van der Waals surface area (Å²) in [4.78, 5) is 25.5. The van der Waals surface area contributed by atoms with E-state index in [1.807, 2.05) is 18.7 Å². The van der Waals surface area contributed by atoms with Crippen molar-refractivity contribution in [2.75, 3.05) is 0 Å². The number of carbonyl (C=O) groups is 2. The number of amides is 2. The van der Waals surface area contributed by atoms with Crippen LogP contribution in [0.2, 0.25) is 0 Å². The number of carboxylic acids is 1. The van der Waals surface area contributed by atoms with Crippen LogP contribution in [0.3, 0.4) is 0 Å². The molecule has 3 unspecified atom stereocenters. The number of nitrogens with one attached hydrogen (secondary N) is 1. The molecular weight excluding hydrogens is 244 g/mol. The van der Waals surface area contributed by atoms with Crippen LogP contribution in [0.25, 0.3) is 0 Å². The van der Waals surface area contributed by atoms with Gasteiger partial charge in [-0.05, 0) is 39.5 Å². The van der Waals surface area contributed by atoms with Crippen LogP contribution in [-0.4, -0.2) is 39.6 Å². The summed E-state index contributed by atoms with van der Waals surface area (Å²) in [5, 5.41) is 12.0. The fraction of sp³-hybridized carbons (Fsp3) is 0.857. The van der Waals surface area contributed by atoms with E-state index in [0.29, 0.717) is 6.42 Å². The van der Waals surface area contributed by atoms with E-state index in [2.05, 4.69) is 12.2 Å². The summed E-state index contributed by atoms with van der Waals surface area (Å²) in [6.07, 6.45) is 4.06. The zero-order chi connectivity index (χ0) is 14.6. The number of nitrogens with zero attached hydrogens (tertiary/aromatic N) is 1. The monoisotopic (exact) mass is 270 g/mol. The number of aliphatic carboxylic acids is 1. The molecule has 1 aliphatic rings. The van der Waals surface area contributed by atoms with Crippen LogP contribution in [0.5, 0.6) is 0 Å². The molecule has 19 heavy (non-hydrogen) atoms. The fourth-order valence-corrected chi connectivity index (χ4v) is 2.86. The van der Waals surface area contributed by atoms with Crippen LogP contribution in [0, 0.1) is 0 Å². The van der Waals surface area contributed by atoms with Crippen molar-refractivity contribution in [1.29, 1.82) is 0 Å². The Morgan fingerprint density at radius 1 is 1.37 bits per heavy atom. The van der Waals surface area contributed by atoms with Gasteiger partial charge in [-0.25, -0.2) is 9.59 Å². The predicted molar refractivity (Wildman–Crippen MR) is 74.1 cm³/mol. The molecule has 0 radical (unpaired) electrons. The van der Waals surface area contributed by atoms with Crippen molar-refractivity contribution >= 4 is 12.0 Å². The number of carboxylic acid groups (broad SMARTS) is 1. The summed E-state index contributed by atoms with van der Waals surface area (Å²) in [6.45, 7) is 7.58. The molecule has 1 saturated heterocycles. The SMILES string of the molecule is CCCC(C)(NC(=O)N1C(C)CCC1CC)C(=O)O. The minimum Gasteiger partial charge on any atom is -0.480 e. The Kier molecular flexibility index (Phi) is 5.20. The summed E-state index contributed by atoms with van der Waals surface area (Å²) in [5.41, 5.74) is -1.17. The van der Waals surface area contributed by atoms with Gasteiger partial charge in [0.05, 0.1) is 0 Å². The lowest BCUT2D eigenvalue weighted by Crippen LogP contribution is -2.57. The van der Waals surface area contributed by atoms with Crippen LogP contribution in [0.1, 0.15) is 59.8 Å². The van der Waals surface area contributed by atoms with Gasteiger partial charge in [-0.2, -0.15) is 0 Å². The number of carbonyl (C=O) groups excluding carboxylic acids is 1. The molecule has 0 aromatic rings. The van der Waals surface area contributed by atoms with Gasteiger partial charge < -0.3 is 15.3 Å². The Hall–Kier alpha value is -1.26. The first-order valence-electron chi connectivity index (χ1n) is 7.19. The number of hydrogen-bond donors (Lipinski definition) is 2. The van der Waals surface area contributed by atoms with Gasteiger partial charge in [0, 0.05) is 12.1 Å². The van der Waals surface area contributed by atoms with Gasteiger partial charge in [-0.15, -0.1) is 0 Å². The number of rotatable bonds is 5. The van der Waals surface area contributed by atoms with E-state index in [1.165, 1.54) is 0 Å².